The fourth-order valence-corrected chi connectivity index (χ4v) is 2.82. The first-order chi connectivity index (χ1) is 9.31. The Kier molecular flexibility index (Phi) is 5.84. The Morgan fingerprint density at radius 2 is 2.47 bits per heavy atom. The van der Waals surface area contributed by atoms with Crippen molar-refractivity contribution in [1.29, 1.82) is 0 Å². The van der Waals surface area contributed by atoms with Gasteiger partial charge in [0.15, 0.2) is 5.82 Å². The van der Waals surface area contributed by atoms with Crippen molar-refractivity contribution in [2.45, 2.75) is 37.5 Å². The quantitative estimate of drug-likeness (QED) is 0.340. The molecule has 1 aromatic heterocycles. The molecule has 6 nitrogen and oxygen atoms in total. The van der Waals surface area contributed by atoms with E-state index in [4.69, 9.17) is 15.3 Å². The monoisotopic (exact) mass is 284 g/mol. The molecule has 1 aliphatic heterocycles. The van der Waals surface area contributed by atoms with E-state index >= 15 is 0 Å². The summed E-state index contributed by atoms with van der Waals surface area (Å²) in [7, 11) is 0. The van der Waals surface area contributed by atoms with Crippen LogP contribution in [0.25, 0.3) is 0 Å². The van der Waals surface area contributed by atoms with Gasteiger partial charge in [-0.25, -0.2) is 15.8 Å². The zero-order valence-electron chi connectivity index (χ0n) is 11.1. The highest BCUT2D eigenvalue weighted by molar-refractivity contribution is 7.99. The largest absolute Gasteiger partial charge is 0.377 e. The number of hydrogen-bond donors (Lipinski definition) is 2. The molecule has 1 unspecified atom stereocenters. The summed E-state index contributed by atoms with van der Waals surface area (Å²) in [6.45, 7) is 3.86. The molecule has 0 aliphatic carbocycles. The van der Waals surface area contributed by atoms with Crippen LogP contribution in [0.2, 0.25) is 0 Å². The molecule has 1 aromatic rings. The van der Waals surface area contributed by atoms with Gasteiger partial charge in [0.25, 0.3) is 0 Å². The fourth-order valence-electron chi connectivity index (χ4n) is 1.83. The maximum atomic E-state index is 5.60. The van der Waals surface area contributed by atoms with Crippen LogP contribution in [0.4, 0.5) is 5.82 Å². The number of hydrogen-bond acceptors (Lipinski definition) is 7. The number of nitrogens with zero attached hydrogens (tertiary/aromatic N) is 2. The summed E-state index contributed by atoms with van der Waals surface area (Å²) in [4.78, 5) is 8.71. The predicted molar refractivity (Wildman–Crippen MR) is 74.9 cm³/mol. The summed E-state index contributed by atoms with van der Waals surface area (Å²) < 4.78 is 10.9. The van der Waals surface area contributed by atoms with Gasteiger partial charge < -0.3 is 14.9 Å². The van der Waals surface area contributed by atoms with Crippen molar-refractivity contribution in [2.24, 2.45) is 5.84 Å². The number of ether oxygens (including phenoxy) is 2. The van der Waals surface area contributed by atoms with Crippen LogP contribution in [0.3, 0.4) is 0 Å². The van der Waals surface area contributed by atoms with E-state index in [2.05, 4.69) is 15.4 Å². The zero-order chi connectivity index (χ0) is 13.5. The Labute approximate surface area is 117 Å². The van der Waals surface area contributed by atoms with Crippen LogP contribution in [0.5, 0.6) is 0 Å². The Bertz CT molecular complexity index is 399. The van der Waals surface area contributed by atoms with Crippen molar-refractivity contribution in [2.75, 3.05) is 24.4 Å². The molecule has 1 saturated heterocycles. The Balaban J connectivity index is 1.96. The molecule has 0 saturated carbocycles. The van der Waals surface area contributed by atoms with Crippen molar-refractivity contribution in [3.8, 4) is 0 Å². The van der Waals surface area contributed by atoms with E-state index in [0.717, 1.165) is 30.2 Å². The van der Waals surface area contributed by atoms with Gasteiger partial charge >= 0.3 is 0 Å². The molecule has 0 bridgehead atoms. The second-order valence-electron chi connectivity index (χ2n) is 4.24. The number of nitrogens with two attached hydrogens (primary N) is 1. The number of hydrazine groups is 1. The molecule has 106 valence electrons. The third-order valence-electron chi connectivity index (χ3n) is 2.77. The summed E-state index contributed by atoms with van der Waals surface area (Å²) in [6, 6.07) is 1.84. The standard InChI is InChI=1S/C12H20N4O2S/c1-2-17-7-11-14-10(16-13)6-12(15-11)19-8-9-4-3-5-18-9/h6,9H,2-5,7-8,13H2,1H3,(H,14,15,16). The third-order valence-corrected chi connectivity index (χ3v) is 3.82. The van der Waals surface area contributed by atoms with Crippen molar-refractivity contribution in [3.05, 3.63) is 11.9 Å². The maximum Gasteiger partial charge on any atom is 0.157 e. The summed E-state index contributed by atoms with van der Waals surface area (Å²) in [5.41, 5.74) is 2.56. The highest BCUT2D eigenvalue weighted by atomic mass is 32.2. The van der Waals surface area contributed by atoms with Crippen molar-refractivity contribution in [1.82, 2.24) is 9.97 Å². The van der Waals surface area contributed by atoms with Crippen molar-refractivity contribution >= 4 is 17.6 Å². The average Bonchev–Trinajstić information content (AvgIpc) is 2.96. The Hall–Kier alpha value is -0.890. The summed E-state index contributed by atoms with van der Waals surface area (Å²) in [5, 5.41) is 0.896. The second kappa shape index (κ2) is 7.64. The smallest absolute Gasteiger partial charge is 0.157 e. The lowest BCUT2D eigenvalue weighted by atomic mass is 10.3. The molecular formula is C12H20N4O2S. The minimum absolute atomic E-state index is 0.338. The molecule has 0 spiro atoms. The molecular weight excluding hydrogens is 264 g/mol. The van der Waals surface area contributed by atoms with Gasteiger partial charge in [0.2, 0.25) is 0 Å². The van der Waals surface area contributed by atoms with Crippen molar-refractivity contribution in [3.63, 3.8) is 0 Å². The minimum atomic E-state index is 0.338. The van der Waals surface area contributed by atoms with Gasteiger partial charge in [-0.15, -0.1) is 11.8 Å². The first-order valence-electron chi connectivity index (χ1n) is 6.48. The first-order valence-corrected chi connectivity index (χ1v) is 7.47. The molecule has 0 aromatic carbocycles. The molecule has 2 rings (SSSR count). The van der Waals surface area contributed by atoms with E-state index in [-0.39, 0.29) is 0 Å². The second-order valence-corrected chi connectivity index (χ2v) is 5.28. The van der Waals surface area contributed by atoms with E-state index in [1.165, 1.54) is 0 Å². The van der Waals surface area contributed by atoms with Gasteiger partial charge in [-0.1, -0.05) is 0 Å². The van der Waals surface area contributed by atoms with Crippen LogP contribution in [0, 0.1) is 0 Å². The van der Waals surface area contributed by atoms with Gasteiger partial charge in [-0.05, 0) is 19.8 Å². The summed E-state index contributed by atoms with van der Waals surface area (Å²) in [5.74, 6) is 7.59. The molecule has 19 heavy (non-hydrogen) atoms. The van der Waals surface area contributed by atoms with E-state index in [9.17, 15) is 0 Å². The molecule has 1 atom stereocenters. The average molecular weight is 284 g/mol. The van der Waals surface area contributed by atoms with Crippen molar-refractivity contribution < 1.29 is 9.47 Å². The molecule has 1 fully saturated rings. The predicted octanol–water partition coefficient (Wildman–Crippen LogP) is 1.57. The lowest BCUT2D eigenvalue weighted by molar-refractivity contribution is 0.127. The highest BCUT2D eigenvalue weighted by Crippen LogP contribution is 2.23. The van der Waals surface area contributed by atoms with E-state index < -0.39 is 0 Å². The third kappa shape index (κ3) is 4.61. The van der Waals surface area contributed by atoms with Gasteiger partial charge in [-0.3, -0.25) is 0 Å². The number of rotatable bonds is 7. The summed E-state index contributed by atoms with van der Waals surface area (Å²) >= 11 is 1.67. The Morgan fingerprint density at radius 3 is 3.16 bits per heavy atom. The molecule has 7 heteroatoms. The van der Waals surface area contributed by atoms with Gasteiger partial charge in [0.1, 0.15) is 17.5 Å². The van der Waals surface area contributed by atoms with E-state index in [1.54, 1.807) is 11.8 Å². The van der Waals surface area contributed by atoms with Crippen LogP contribution in [0.1, 0.15) is 25.6 Å². The summed E-state index contributed by atoms with van der Waals surface area (Å²) in [6.07, 6.45) is 2.62. The van der Waals surface area contributed by atoms with Gasteiger partial charge in [0.05, 0.1) is 6.10 Å². The van der Waals surface area contributed by atoms with Crippen LogP contribution in [0.15, 0.2) is 11.1 Å². The fraction of sp³-hybridized carbons (Fsp3) is 0.667. The first kappa shape index (κ1) is 14.5. The molecule has 0 amide bonds. The Morgan fingerprint density at radius 1 is 1.58 bits per heavy atom. The lowest BCUT2D eigenvalue weighted by Crippen LogP contribution is -2.12. The van der Waals surface area contributed by atoms with E-state index in [0.29, 0.717) is 31.0 Å². The molecule has 1 aliphatic rings. The number of nitrogen functional groups attached to an aromatic ring is 1. The van der Waals surface area contributed by atoms with Crippen LogP contribution >= 0.6 is 11.8 Å². The molecule has 3 N–H and O–H groups in total. The SMILES string of the molecule is CCOCc1nc(NN)cc(SCC2CCCO2)n1. The molecule has 0 radical (unpaired) electrons. The number of thioether (sulfide) groups is 1. The van der Waals surface area contributed by atoms with Crippen LogP contribution in [-0.4, -0.2) is 35.0 Å². The number of aromatic nitrogens is 2. The highest BCUT2D eigenvalue weighted by Gasteiger charge is 2.16. The normalized spacial score (nSPS) is 18.7. The maximum absolute atomic E-state index is 5.60. The van der Waals surface area contributed by atoms with E-state index in [1.807, 2.05) is 13.0 Å². The zero-order valence-corrected chi connectivity index (χ0v) is 11.9. The van der Waals surface area contributed by atoms with Gasteiger partial charge in [-0.2, -0.15) is 0 Å². The van der Waals surface area contributed by atoms with Crippen LogP contribution in [-0.2, 0) is 16.1 Å². The molecule has 2 heterocycles. The number of nitrogens with one attached hydrogen (secondary N) is 1. The number of anilines is 1. The van der Waals surface area contributed by atoms with Gasteiger partial charge in [0, 0.05) is 25.0 Å². The van der Waals surface area contributed by atoms with Crippen LogP contribution < -0.4 is 11.3 Å². The topological polar surface area (TPSA) is 82.3 Å². The minimum Gasteiger partial charge on any atom is -0.377 e. The lowest BCUT2D eigenvalue weighted by Gasteiger charge is -2.10.